The van der Waals surface area contributed by atoms with E-state index in [1.807, 2.05) is 0 Å². The molecular formula is CNRuS. The van der Waals surface area contributed by atoms with Gasteiger partial charge in [-0.3, -0.25) is 0 Å². The average molecular weight is 159 g/mol. The second kappa shape index (κ2) is 9.92. The van der Waals surface area contributed by atoms with Gasteiger partial charge in [-0.25, -0.2) is 0 Å². The summed E-state index contributed by atoms with van der Waals surface area (Å²) < 4.78 is 0. The molecule has 1 radical (unpaired) electrons. The summed E-state index contributed by atoms with van der Waals surface area (Å²) in [5.74, 6) is 0. The molecule has 0 aliphatic heterocycles. The summed E-state index contributed by atoms with van der Waals surface area (Å²) >= 11 is 3.70. The Morgan fingerprint density at radius 2 is 1.75 bits per heavy atom. The van der Waals surface area contributed by atoms with E-state index in [9.17, 15) is 0 Å². The molecule has 0 saturated carbocycles. The minimum Gasteiger partial charge on any atom is -0.753 e. The van der Waals surface area contributed by atoms with Crippen molar-refractivity contribution in [3.63, 3.8) is 0 Å². The Morgan fingerprint density at radius 3 is 1.75 bits per heavy atom. The third-order valence-electron chi connectivity index (χ3n) is 0. The molecular weight excluding hydrogens is 159 g/mol. The van der Waals surface area contributed by atoms with Crippen molar-refractivity contribution in [2.24, 2.45) is 0 Å². The van der Waals surface area contributed by atoms with Crippen LogP contribution in [0.5, 0.6) is 0 Å². The van der Waals surface area contributed by atoms with Gasteiger partial charge in [-0.05, 0) is 0 Å². The van der Waals surface area contributed by atoms with Gasteiger partial charge < -0.3 is 5.41 Å². The summed E-state index contributed by atoms with van der Waals surface area (Å²) in [6, 6.07) is 0. The summed E-state index contributed by atoms with van der Waals surface area (Å²) in [5, 5.41) is 8.47. The van der Waals surface area contributed by atoms with Crippen LogP contribution in [0.4, 0.5) is 0 Å². The summed E-state index contributed by atoms with van der Waals surface area (Å²) in [6.45, 7) is 0. The molecule has 0 atom stereocenters. The Labute approximate surface area is 42.7 Å². The largest absolute Gasteiger partial charge is 1.00 e. The molecule has 0 aromatic heterocycles. The predicted molar refractivity (Wildman–Crippen MR) is 16.0 cm³/mol. The first-order valence-electron chi connectivity index (χ1n) is 0.428. The van der Waals surface area contributed by atoms with Crippen LogP contribution >= 0.6 is 12.2 Å². The van der Waals surface area contributed by atoms with Gasteiger partial charge in [0.1, 0.15) is 0 Å². The Bertz CT molecular complexity index is 29.0. The van der Waals surface area contributed by atoms with Crippen molar-refractivity contribution in [1.82, 2.24) is 0 Å². The first-order valence-corrected chi connectivity index (χ1v) is 0.836. The fraction of sp³-hybridized carbons (Fsp3) is 0. The van der Waals surface area contributed by atoms with Crippen molar-refractivity contribution < 1.29 is 19.5 Å². The number of rotatable bonds is 0. The van der Waals surface area contributed by atoms with Crippen LogP contribution < -0.4 is 0 Å². The zero-order valence-electron chi connectivity index (χ0n) is 1.71. The first kappa shape index (κ1) is 8.83. The number of hydrogen-bond acceptors (Lipinski definition) is 1. The number of nitrogens with zero attached hydrogens (tertiary/aromatic N) is 1. The van der Waals surface area contributed by atoms with Crippen LogP contribution in [0.25, 0.3) is 5.41 Å². The molecule has 4 heavy (non-hydrogen) atoms. The molecule has 0 amide bonds. The van der Waals surface area contributed by atoms with Crippen molar-refractivity contribution in [2.75, 3.05) is 0 Å². The summed E-state index contributed by atoms with van der Waals surface area (Å²) in [7, 11) is 0. The molecule has 0 aromatic rings. The van der Waals surface area contributed by atoms with E-state index in [-0.39, 0.29) is 19.5 Å². The fourth-order valence-corrected chi connectivity index (χ4v) is 0. The molecule has 0 aliphatic rings. The quantitative estimate of drug-likeness (QED) is 0.289. The Balaban J connectivity index is 0. The van der Waals surface area contributed by atoms with Crippen LogP contribution in [0.3, 0.4) is 0 Å². The van der Waals surface area contributed by atoms with Crippen molar-refractivity contribution in [3.8, 4) is 0 Å². The van der Waals surface area contributed by atoms with Gasteiger partial charge in [0, 0.05) is 0 Å². The first-order chi connectivity index (χ1) is 1.41. The van der Waals surface area contributed by atoms with E-state index in [1.165, 1.54) is 5.16 Å². The second-order valence-electron chi connectivity index (χ2n) is 0.0913. The van der Waals surface area contributed by atoms with Gasteiger partial charge in [-0.2, -0.15) is 5.16 Å². The summed E-state index contributed by atoms with van der Waals surface area (Å²) in [4.78, 5) is 0. The molecule has 1 nitrogen and oxygen atoms in total. The molecule has 0 rings (SSSR count). The maximum Gasteiger partial charge on any atom is 1.00 e. The Morgan fingerprint density at radius 1 is 1.75 bits per heavy atom. The molecule has 0 heterocycles. The van der Waals surface area contributed by atoms with Crippen LogP contribution in [0.1, 0.15) is 0 Å². The van der Waals surface area contributed by atoms with E-state index in [2.05, 4.69) is 12.2 Å². The molecule has 0 unspecified atom stereocenters. The van der Waals surface area contributed by atoms with Gasteiger partial charge in [-0.15, -0.1) is 0 Å². The van der Waals surface area contributed by atoms with Gasteiger partial charge in [0.2, 0.25) is 0 Å². The van der Waals surface area contributed by atoms with Crippen molar-refractivity contribution in [3.05, 3.63) is 5.41 Å². The van der Waals surface area contributed by atoms with Gasteiger partial charge in [0.15, 0.2) is 0 Å². The number of isothiocyanates is 1. The van der Waals surface area contributed by atoms with Gasteiger partial charge in [-0.1, -0.05) is 12.2 Å². The molecule has 0 aromatic carbocycles. The van der Waals surface area contributed by atoms with Crippen LogP contribution in [0.2, 0.25) is 0 Å². The zero-order chi connectivity index (χ0) is 2.71. The summed E-state index contributed by atoms with van der Waals surface area (Å²) in [6.07, 6.45) is 0. The molecule has 0 bridgehead atoms. The van der Waals surface area contributed by atoms with Crippen LogP contribution in [0, 0.1) is 0 Å². The standard InChI is InChI=1S/CNS.Ru/c2-1-3;/q-1;+1. The maximum absolute atomic E-state index is 7.13. The minimum absolute atomic E-state index is 0. The van der Waals surface area contributed by atoms with Crippen LogP contribution in [-0.4, -0.2) is 5.16 Å². The smallest absolute Gasteiger partial charge is 0.753 e. The average Bonchev–Trinajstić information content (AvgIpc) is 0.918. The van der Waals surface area contributed by atoms with E-state index < -0.39 is 0 Å². The van der Waals surface area contributed by atoms with Crippen molar-refractivity contribution in [1.29, 1.82) is 0 Å². The predicted octanol–water partition coefficient (Wildman–Crippen LogP) is 0.656. The van der Waals surface area contributed by atoms with E-state index in [1.54, 1.807) is 0 Å². The third kappa shape index (κ3) is 27.4. The molecule has 0 spiro atoms. The molecule has 0 saturated heterocycles. The van der Waals surface area contributed by atoms with Crippen molar-refractivity contribution in [2.45, 2.75) is 0 Å². The minimum atomic E-state index is 0. The molecule has 0 N–H and O–H groups in total. The van der Waals surface area contributed by atoms with E-state index >= 15 is 0 Å². The Kier molecular flexibility index (Phi) is 21.9. The topological polar surface area (TPSA) is 22.3 Å². The molecule has 23 valence electrons. The van der Waals surface area contributed by atoms with Crippen LogP contribution in [-0.2, 0) is 19.5 Å². The molecule has 0 fully saturated rings. The normalized spacial score (nSPS) is 2.00. The van der Waals surface area contributed by atoms with Gasteiger partial charge in [0.25, 0.3) is 0 Å². The van der Waals surface area contributed by atoms with Crippen molar-refractivity contribution >= 4 is 17.4 Å². The SMILES string of the molecule is [N-]=C=S.[Ru+]. The Hall–Kier alpha value is 0.423. The van der Waals surface area contributed by atoms with E-state index in [0.717, 1.165) is 0 Å². The van der Waals surface area contributed by atoms with Crippen LogP contribution in [0.15, 0.2) is 0 Å². The molecule has 3 heteroatoms. The second-order valence-corrected chi connectivity index (χ2v) is 0.274. The zero-order valence-corrected chi connectivity index (χ0v) is 4.26. The van der Waals surface area contributed by atoms with E-state index in [0.29, 0.717) is 0 Å². The summed E-state index contributed by atoms with van der Waals surface area (Å²) in [5.41, 5.74) is 0. The van der Waals surface area contributed by atoms with Gasteiger partial charge >= 0.3 is 19.5 Å². The maximum atomic E-state index is 7.13. The number of thiocarbonyl (C=S) groups is 1. The third-order valence-corrected chi connectivity index (χ3v) is 0. The van der Waals surface area contributed by atoms with Gasteiger partial charge in [0.05, 0.1) is 0 Å². The van der Waals surface area contributed by atoms with E-state index in [4.69, 9.17) is 5.41 Å². The molecule has 0 aliphatic carbocycles. The monoisotopic (exact) mass is 160 g/mol. The number of hydrogen-bond donors (Lipinski definition) is 0. The fourth-order valence-electron chi connectivity index (χ4n) is 0.